The summed E-state index contributed by atoms with van der Waals surface area (Å²) in [4.78, 5) is 12.0. The fourth-order valence-corrected chi connectivity index (χ4v) is 2.64. The Morgan fingerprint density at radius 1 is 1.37 bits per heavy atom. The summed E-state index contributed by atoms with van der Waals surface area (Å²) < 4.78 is 1.81. The van der Waals surface area contributed by atoms with Crippen LogP contribution in [0, 0.1) is 0 Å². The number of nitrogens with zero attached hydrogens (tertiary/aromatic N) is 4. The smallest absolute Gasteiger partial charge is 0.210 e. The van der Waals surface area contributed by atoms with Crippen molar-refractivity contribution in [3.63, 3.8) is 0 Å². The molecule has 0 radical (unpaired) electrons. The largest absolute Gasteiger partial charge is 0.293 e. The van der Waals surface area contributed by atoms with Crippen molar-refractivity contribution >= 4 is 29.1 Å². The summed E-state index contributed by atoms with van der Waals surface area (Å²) >= 11 is 7.16. The monoisotopic (exact) mass is 294 g/mol. The van der Waals surface area contributed by atoms with E-state index in [4.69, 9.17) is 11.6 Å². The van der Waals surface area contributed by atoms with Crippen molar-refractivity contribution in [2.45, 2.75) is 24.0 Å². The van der Waals surface area contributed by atoms with E-state index < -0.39 is 0 Å². The normalized spacial score (nSPS) is 14.6. The molecule has 1 aromatic heterocycles. The molecule has 5 nitrogen and oxygen atoms in total. The number of halogens is 1. The van der Waals surface area contributed by atoms with Gasteiger partial charge in [-0.05, 0) is 47.5 Å². The lowest BCUT2D eigenvalue weighted by Crippen LogP contribution is -2.05. The van der Waals surface area contributed by atoms with Crippen LogP contribution in [0.5, 0.6) is 0 Å². The third-order valence-corrected chi connectivity index (χ3v) is 4.04. The topological polar surface area (TPSA) is 60.7 Å². The highest BCUT2D eigenvalue weighted by Gasteiger charge is 2.28. The van der Waals surface area contributed by atoms with Gasteiger partial charge >= 0.3 is 0 Å². The van der Waals surface area contributed by atoms with Crippen LogP contribution in [0.3, 0.4) is 0 Å². The molecule has 0 aliphatic heterocycles. The summed E-state index contributed by atoms with van der Waals surface area (Å²) in [5.74, 6) is 0.376. The summed E-state index contributed by atoms with van der Waals surface area (Å²) in [5, 5.41) is 12.9. The van der Waals surface area contributed by atoms with E-state index in [9.17, 15) is 4.79 Å². The van der Waals surface area contributed by atoms with Crippen LogP contribution >= 0.6 is 23.4 Å². The van der Waals surface area contributed by atoms with E-state index in [-0.39, 0.29) is 5.78 Å². The molecular formula is C12H11ClN4OS. The molecule has 0 amide bonds. The van der Waals surface area contributed by atoms with Gasteiger partial charge in [0.25, 0.3) is 0 Å². The first-order valence-corrected chi connectivity index (χ1v) is 7.30. The lowest BCUT2D eigenvalue weighted by molar-refractivity contribution is 0.102. The molecule has 0 N–H and O–H groups in total. The Hall–Kier alpha value is -1.40. The highest BCUT2D eigenvalue weighted by molar-refractivity contribution is 7.99. The minimum Gasteiger partial charge on any atom is -0.293 e. The number of ketones is 1. The number of thioether (sulfide) groups is 1. The molecule has 1 aliphatic rings. The second kappa shape index (κ2) is 5.30. The predicted molar refractivity (Wildman–Crippen MR) is 72.6 cm³/mol. The number of carbonyl (C=O) groups excluding carboxylic acids is 1. The number of rotatable bonds is 5. The van der Waals surface area contributed by atoms with Gasteiger partial charge in [0.15, 0.2) is 5.78 Å². The van der Waals surface area contributed by atoms with E-state index in [2.05, 4.69) is 15.5 Å². The number of hydrogen-bond donors (Lipinski definition) is 0. The zero-order chi connectivity index (χ0) is 13.2. The van der Waals surface area contributed by atoms with Gasteiger partial charge in [-0.25, -0.2) is 4.68 Å². The van der Waals surface area contributed by atoms with Gasteiger partial charge in [-0.15, -0.1) is 5.10 Å². The highest BCUT2D eigenvalue weighted by Crippen LogP contribution is 2.36. The minimum absolute atomic E-state index is 0.0482. The Kier molecular flexibility index (Phi) is 3.52. The molecule has 98 valence electrons. The van der Waals surface area contributed by atoms with Crippen molar-refractivity contribution in [2.75, 3.05) is 5.75 Å². The first-order chi connectivity index (χ1) is 9.24. The van der Waals surface area contributed by atoms with E-state index >= 15 is 0 Å². The maximum Gasteiger partial charge on any atom is 0.210 e. The Balaban J connectivity index is 1.63. The van der Waals surface area contributed by atoms with Crippen molar-refractivity contribution in [3.05, 3.63) is 34.9 Å². The Labute approximate surface area is 119 Å². The number of hydrogen-bond acceptors (Lipinski definition) is 5. The Morgan fingerprint density at radius 2 is 2.11 bits per heavy atom. The number of aromatic nitrogens is 4. The average Bonchev–Trinajstić information content (AvgIpc) is 3.16. The fraction of sp³-hybridized carbons (Fsp3) is 0.333. The van der Waals surface area contributed by atoms with Crippen LogP contribution in [0.15, 0.2) is 29.4 Å². The summed E-state index contributed by atoms with van der Waals surface area (Å²) in [6, 6.07) is 7.31. The second-order valence-corrected chi connectivity index (χ2v) is 5.73. The zero-order valence-electron chi connectivity index (χ0n) is 9.99. The first-order valence-electron chi connectivity index (χ1n) is 5.93. The standard InChI is InChI=1S/C12H11ClN4OS/c13-9-3-1-8(2-4-9)11(18)7-19-12-14-15-16-17(12)10-5-6-10/h1-4,10H,5-7H2. The van der Waals surface area contributed by atoms with E-state index in [1.165, 1.54) is 11.8 Å². The molecule has 0 spiro atoms. The number of benzene rings is 1. The van der Waals surface area contributed by atoms with Crippen LogP contribution in [-0.2, 0) is 0 Å². The lowest BCUT2D eigenvalue weighted by Gasteiger charge is -2.02. The highest BCUT2D eigenvalue weighted by atomic mass is 35.5. The summed E-state index contributed by atoms with van der Waals surface area (Å²) in [7, 11) is 0. The third-order valence-electron chi connectivity index (χ3n) is 2.85. The molecule has 0 unspecified atom stereocenters. The van der Waals surface area contributed by atoms with Crippen molar-refractivity contribution in [1.82, 2.24) is 20.2 Å². The van der Waals surface area contributed by atoms with E-state index in [1.807, 2.05) is 0 Å². The van der Waals surface area contributed by atoms with Crippen LogP contribution in [-0.4, -0.2) is 31.7 Å². The molecule has 7 heteroatoms. The van der Waals surface area contributed by atoms with Crippen LogP contribution in [0.1, 0.15) is 29.2 Å². The third kappa shape index (κ3) is 2.96. The molecule has 0 saturated heterocycles. The molecule has 1 aromatic carbocycles. The number of carbonyl (C=O) groups is 1. The van der Waals surface area contributed by atoms with Gasteiger partial charge in [-0.2, -0.15) is 0 Å². The fourth-order valence-electron chi connectivity index (χ4n) is 1.68. The summed E-state index contributed by atoms with van der Waals surface area (Å²) in [6.07, 6.45) is 2.23. The second-order valence-electron chi connectivity index (χ2n) is 4.36. The molecule has 1 aliphatic carbocycles. The molecule has 2 aromatic rings. The molecule has 0 atom stereocenters. The van der Waals surface area contributed by atoms with Crippen LogP contribution in [0.2, 0.25) is 5.02 Å². The van der Waals surface area contributed by atoms with Crippen LogP contribution in [0.25, 0.3) is 0 Å². The predicted octanol–water partition coefficient (Wildman–Crippen LogP) is 2.64. The van der Waals surface area contributed by atoms with Gasteiger partial charge in [0.2, 0.25) is 5.16 Å². The van der Waals surface area contributed by atoms with Gasteiger partial charge < -0.3 is 0 Å². The summed E-state index contributed by atoms with van der Waals surface area (Å²) in [6.45, 7) is 0. The SMILES string of the molecule is O=C(CSc1nnnn1C1CC1)c1ccc(Cl)cc1. The molecule has 3 rings (SSSR count). The first kappa shape index (κ1) is 12.6. The Morgan fingerprint density at radius 3 is 2.79 bits per heavy atom. The van der Waals surface area contributed by atoms with Gasteiger partial charge in [0.05, 0.1) is 11.8 Å². The lowest BCUT2D eigenvalue weighted by atomic mass is 10.1. The maximum absolute atomic E-state index is 12.0. The van der Waals surface area contributed by atoms with Gasteiger partial charge in [0.1, 0.15) is 0 Å². The van der Waals surface area contributed by atoms with Crippen molar-refractivity contribution in [1.29, 1.82) is 0 Å². The zero-order valence-corrected chi connectivity index (χ0v) is 11.6. The molecule has 1 heterocycles. The van der Waals surface area contributed by atoms with Crippen molar-refractivity contribution < 1.29 is 4.79 Å². The molecule has 1 saturated carbocycles. The van der Waals surface area contributed by atoms with Crippen LogP contribution in [0.4, 0.5) is 0 Å². The van der Waals surface area contributed by atoms with E-state index in [0.717, 1.165) is 12.8 Å². The van der Waals surface area contributed by atoms with Crippen molar-refractivity contribution in [3.8, 4) is 0 Å². The molecule has 19 heavy (non-hydrogen) atoms. The number of Topliss-reactive ketones (excluding diaryl/α,β-unsaturated/α-hetero) is 1. The maximum atomic E-state index is 12.0. The molecule has 1 fully saturated rings. The number of tetrazole rings is 1. The molecular weight excluding hydrogens is 284 g/mol. The van der Waals surface area contributed by atoms with Gasteiger partial charge in [-0.3, -0.25) is 4.79 Å². The quantitative estimate of drug-likeness (QED) is 0.627. The van der Waals surface area contributed by atoms with Crippen LogP contribution < -0.4 is 0 Å². The summed E-state index contributed by atoms with van der Waals surface area (Å²) in [5.41, 5.74) is 0.655. The minimum atomic E-state index is 0.0482. The van der Waals surface area contributed by atoms with Gasteiger partial charge in [-0.1, -0.05) is 23.4 Å². The van der Waals surface area contributed by atoms with Crippen molar-refractivity contribution in [2.24, 2.45) is 0 Å². The van der Waals surface area contributed by atoms with E-state index in [1.54, 1.807) is 28.9 Å². The Bertz CT molecular complexity index is 594. The van der Waals surface area contributed by atoms with E-state index in [0.29, 0.717) is 27.5 Å². The average molecular weight is 295 g/mol. The molecule has 0 bridgehead atoms. The van der Waals surface area contributed by atoms with Gasteiger partial charge in [0, 0.05) is 10.6 Å².